The second-order valence-corrected chi connectivity index (χ2v) is 6.47. The Balaban J connectivity index is 1.37. The molecule has 0 aliphatic heterocycles. The van der Waals surface area contributed by atoms with Crippen molar-refractivity contribution in [2.24, 2.45) is 0 Å². The summed E-state index contributed by atoms with van der Waals surface area (Å²) in [6.07, 6.45) is 3.90. The summed E-state index contributed by atoms with van der Waals surface area (Å²) in [6.45, 7) is 0. The van der Waals surface area contributed by atoms with Gasteiger partial charge in [-0.15, -0.1) is 5.10 Å². The number of benzene rings is 1. The van der Waals surface area contributed by atoms with Gasteiger partial charge in [-0.3, -0.25) is 9.89 Å². The molecule has 1 aromatic carbocycles. The van der Waals surface area contributed by atoms with Crippen LogP contribution in [0.2, 0.25) is 0 Å². The van der Waals surface area contributed by atoms with Gasteiger partial charge in [-0.1, -0.05) is 23.9 Å². The van der Waals surface area contributed by atoms with Crippen LogP contribution in [0.5, 0.6) is 0 Å². The minimum Gasteiger partial charge on any atom is -0.325 e. The molecule has 9 heteroatoms. The Kier molecular flexibility index (Phi) is 3.99. The number of nitrogens with one attached hydrogen (secondary N) is 2. The zero-order valence-corrected chi connectivity index (χ0v) is 13.5. The number of nitrogens with zero attached hydrogens (tertiary/aromatic N) is 5. The Bertz CT molecular complexity index is 841. The SMILES string of the molecule is O=C(CSc1nnnn1C1CC1)Nc1cccc(-c2ccn[nH]2)c1. The van der Waals surface area contributed by atoms with E-state index < -0.39 is 0 Å². The van der Waals surface area contributed by atoms with E-state index in [0.29, 0.717) is 11.2 Å². The van der Waals surface area contributed by atoms with E-state index in [1.807, 2.05) is 30.3 Å². The summed E-state index contributed by atoms with van der Waals surface area (Å²) in [5.74, 6) is 0.175. The molecule has 1 saturated carbocycles. The molecular weight excluding hydrogens is 326 g/mol. The van der Waals surface area contributed by atoms with Gasteiger partial charge in [0, 0.05) is 17.4 Å². The van der Waals surface area contributed by atoms with E-state index in [-0.39, 0.29) is 11.7 Å². The van der Waals surface area contributed by atoms with Crippen LogP contribution in [0.1, 0.15) is 18.9 Å². The topological polar surface area (TPSA) is 101 Å². The number of H-pyrrole nitrogens is 1. The van der Waals surface area contributed by atoms with Gasteiger partial charge in [0.25, 0.3) is 0 Å². The first-order valence-corrected chi connectivity index (χ1v) is 8.58. The number of aromatic amines is 1. The van der Waals surface area contributed by atoms with Crippen LogP contribution in [-0.2, 0) is 4.79 Å². The monoisotopic (exact) mass is 341 g/mol. The average Bonchev–Trinajstić information content (AvgIpc) is 3.11. The smallest absolute Gasteiger partial charge is 0.234 e. The molecule has 1 aliphatic rings. The van der Waals surface area contributed by atoms with Gasteiger partial charge in [0.1, 0.15) is 0 Å². The normalized spacial score (nSPS) is 13.8. The molecule has 1 aliphatic carbocycles. The third kappa shape index (κ3) is 3.30. The second kappa shape index (κ2) is 6.44. The third-order valence-electron chi connectivity index (χ3n) is 3.65. The first-order chi connectivity index (χ1) is 11.8. The number of anilines is 1. The van der Waals surface area contributed by atoms with Crippen LogP contribution in [0.3, 0.4) is 0 Å². The standard InChI is InChI=1S/C15H15N7OS/c23-14(9-24-15-19-20-21-22(15)12-4-5-12)17-11-3-1-2-10(8-11)13-6-7-16-18-13/h1-3,6-8,12H,4-5,9H2,(H,16,18)(H,17,23). The number of carbonyl (C=O) groups excluding carboxylic acids is 1. The molecule has 2 aromatic heterocycles. The number of tetrazole rings is 1. The molecule has 2 N–H and O–H groups in total. The van der Waals surface area contributed by atoms with Crippen LogP contribution in [0.15, 0.2) is 41.7 Å². The maximum absolute atomic E-state index is 12.2. The maximum atomic E-state index is 12.2. The number of hydrogen-bond donors (Lipinski definition) is 2. The highest BCUT2D eigenvalue weighted by molar-refractivity contribution is 7.99. The Morgan fingerprint density at radius 2 is 2.29 bits per heavy atom. The number of thioether (sulfide) groups is 1. The summed E-state index contributed by atoms with van der Waals surface area (Å²) >= 11 is 1.35. The Morgan fingerprint density at radius 3 is 3.08 bits per heavy atom. The molecule has 24 heavy (non-hydrogen) atoms. The fourth-order valence-electron chi connectivity index (χ4n) is 2.34. The van der Waals surface area contributed by atoms with Crippen molar-refractivity contribution < 1.29 is 4.79 Å². The fourth-order valence-corrected chi connectivity index (χ4v) is 3.08. The maximum Gasteiger partial charge on any atom is 0.234 e. The van der Waals surface area contributed by atoms with Crippen molar-refractivity contribution >= 4 is 23.4 Å². The lowest BCUT2D eigenvalue weighted by Crippen LogP contribution is -2.14. The van der Waals surface area contributed by atoms with Crippen LogP contribution < -0.4 is 5.32 Å². The highest BCUT2D eigenvalue weighted by Crippen LogP contribution is 2.36. The molecule has 8 nitrogen and oxygen atoms in total. The summed E-state index contributed by atoms with van der Waals surface area (Å²) in [4.78, 5) is 12.2. The zero-order chi connectivity index (χ0) is 16.4. The van der Waals surface area contributed by atoms with Gasteiger partial charge < -0.3 is 5.32 Å². The highest BCUT2D eigenvalue weighted by Gasteiger charge is 2.28. The van der Waals surface area contributed by atoms with Crippen LogP contribution in [-0.4, -0.2) is 42.1 Å². The molecule has 1 amide bonds. The van der Waals surface area contributed by atoms with E-state index >= 15 is 0 Å². The predicted octanol–water partition coefficient (Wildman–Crippen LogP) is 2.13. The van der Waals surface area contributed by atoms with Gasteiger partial charge in [0.15, 0.2) is 0 Å². The van der Waals surface area contributed by atoms with Gasteiger partial charge in [0.2, 0.25) is 11.1 Å². The lowest BCUT2D eigenvalue weighted by molar-refractivity contribution is -0.113. The van der Waals surface area contributed by atoms with Gasteiger partial charge in [-0.25, -0.2) is 4.68 Å². The van der Waals surface area contributed by atoms with Gasteiger partial charge >= 0.3 is 0 Å². The summed E-state index contributed by atoms with van der Waals surface area (Å²) in [5, 5.41) is 22.1. The lowest BCUT2D eigenvalue weighted by atomic mass is 10.1. The Hall–Kier alpha value is -2.68. The van der Waals surface area contributed by atoms with Gasteiger partial charge in [-0.2, -0.15) is 5.10 Å². The summed E-state index contributed by atoms with van der Waals surface area (Å²) in [5.41, 5.74) is 2.62. The molecule has 122 valence electrons. The van der Waals surface area contributed by atoms with Crippen LogP contribution in [0, 0.1) is 0 Å². The van der Waals surface area contributed by atoms with E-state index in [1.165, 1.54) is 11.8 Å². The largest absolute Gasteiger partial charge is 0.325 e. The van der Waals surface area contributed by atoms with Crippen molar-refractivity contribution in [3.8, 4) is 11.3 Å². The van der Waals surface area contributed by atoms with Crippen LogP contribution in [0.4, 0.5) is 5.69 Å². The number of amides is 1. The molecule has 0 bridgehead atoms. The van der Waals surface area contributed by atoms with E-state index in [1.54, 1.807) is 10.9 Å². The number of rotatable bonds is 6. The molecule has 4 rings (SSSR count). The van der Waals surface area contributed by atoms with Crippen molar-refractivity contribution in [3.05, 3.63) is 36.5 Å². The molecule has 0 saturated heterocycles. The molecule has 3 aromatic rings. The van der Waals surface area contributed by atoms with Crippen molar-refractivity contribution in [1.82, 2.24) is 30.4 Å². The molecule has 1 fully saturated rings. The lowest BCUT2D eigenvalue weighted by Gasteiger charge is -2.07. The molecule has 0 spiro atoms. The average molecular weight is 341 g/mol. The highest BCUT2D eigenvalue weighted by atomic mass is 32.2. The molecule has 2 heterocycles. The van der Waals surface area contributed by atoms with E-state index in [0.717, 1.165) is 29.8 Å². The first-order valence-electron chi connectivity index (χ1n) is 7.60. The van der Waals surface area contributed by atoms with Crippen molar-refractivity contribution in [1.29, 1.82) is 0 Å². The minimum atomic E-state index is -0.0906. The van der Waals surface area contributed by atoms with E-state index in [2.05, 4.69) is 31.0 Å². The fraction of sp³-hybridized carbons (Fsp3) is 0.267. The Morgan fingerprint density at radius 1 is 1.38 bits per heavy atom. The number of aromatic nitrogens is 6. The summed E-state index contributed by atoms with van der Waals surface area (Å²) < 4.78 is 1.80. The number of carbonyl (C=O) groups is 1. The minimum absolute atomic E-state index is 0.0906. The van der Waals surface area contributed by atoms with Crippen molar-refractivity contribution in [2.75, 3.05) is 11.1 Å². The third-order valence-corrected chi connectivity index (χ3v) is 4.58. The first kappa shape index (κ1) is 14.9. The second-order valence-electron chi connectivity index (χ2n) is 5.53. The predicted molar refractivity (Wildman–Crippen MR) is 89.5 cm³/mol. The molecule has 0 radical (unpaired) electrons. The van der Waals surface area contributed by atoms with Crippen LogP contribution in [0.25, 0.3) is 11.3 Å². The van der Waals surface area contributed by atoms with E-state index in [9.17, 15) is 4.79 Å². The molecule has 0 unspecified atom stereocenters. The van der Waals surface area contributed by atoms with Crippen molar-refractivity contribution in [2.45, 2.75) is 24.0 Å². The summed E-state index contributed by atoms with van der Waals surface area (Å²) in [6, 6.07) is 9.90. The van der Waals surface area contributed by atoms with Gasteiger partial charge in [-0.05, 0) is 41.5 Å². The van der Waals surface area contributed by atoms with E-state index in [4.69, 9.17) is 0 Å². The molecule has 0 atom stereocenters. The van der Waals surface area contributed by atoms with Crippen molar-refractivity contribution in [3.63, 3.8) is 0 Å². The van der Waals surface area contributed by atoms with Gasteiger partial charge in [0.05, 0.1) is 17.5 Å². The quantitative estimate of drug-likeness (QED) is 0.666. The number of hydrogen-bond acceptors (Lipinski definition) is 6. The zero-order valence-electron chi connectivity index (χ0n) is 12.7. The van der Waals surface area contributed by atoms with Crippen LogP contribution >= 0.6 is 11.8 Å². The Labute approximate surface area is 142 Å². The summed E-state index contributed by atoms with van der Waals surface area (Å²) in [7, 11) is 0. The molecular formula is C15H15N7OS.